The van der Waals surface area contributed by atoms with Crippen molar-refractivity contribution in [2.45, 2.75) is 64.2 Å². The van der Waals surface area contributed by atoms with Gasteiger partial charge in [-0.1, -0.05) is 41.5 Å². The van der Waals surface area contributed by atoms with Crippen LogP contribution in [0.15, 0.2) is 30.3 Å². The fourth-order valence-electron chi connectivity index (χ4n) is 5.27. The topological polar surface area (TPSA) is 109 Å². The third kappa shape index (κ3) is 7.34. The fraction of sp³-hybridized carbons (Fsp3) is 0.581. The highest BCUT2D eigenvalue weighted by Gasteiger charge is 2.40. The van der Waals surface area contributed by atoms with Crippen molar-refractivity contribution in [3.05, 3.63) is 47.0 Å². The Labute approximate surface area is 245 Å². The molecular weight excluding hydrogens is 544 g/mol. The maximum Gasteiger partial charge on any atom is 0.236 e. The molecule has 4 rings (SSSR count). The van der Waals surface area contributed by atoms with Gasteiger partial charge in [-0.3, -0.25) is 13.9 Å². The van der Waals surface area contributed by atoms with E-state index in [1.807, 2.05) is 65.8 Å². The monoisotopic (exact) mass is 588 g/mol. The Kier molecular flexibility index (Phi) is 9.56. The Morgan fingerprint density at radius 1 is 1.00 bits per heavy atom. The van der Waals surface area contributed by atoms with Crippen LogP contribution in [-0.4, -0.2) is 82.1 Å². The zero-order chi connectivity index (χ0) is 29.9. The third-order valence-corrected chi connectivity index (χ3v) is 9.02. The number of fused-ring (bicyclic) bond motifs is 1. The van der Waals surface area contributed by atoms with E-state index in [2.05, 4.69) is 4.90 Å². The Bertz CT molecular complexity index is 1230. The first kappa shape index (κ1) is 31.1. The van der Waals surface area contributed by atoms with Crippen LogP contribution in [0.2, 0.25) is 0 Å². The van der Waals surface area contributed by atoms with E-state index < -0.39 is 16.2 Å². The van der Waals surface area contributed by atoms with E-state index in [0.29, 0.717) is 56.5 Å². The predicted molar refractivity (Wildman–Crippen MR) is 159 cm³/mol. The molecule has 2 aliphatic heterocycles. The summed E-state index contributed by atoms with van der Waals surface area (Å²) < 4.78 is 29.9. The molecule has 2 heterocycles. The number of nitrogens with zero attached hydrogens (tertiary/aromatic N) is 2. The van der Waals surface area contributed by atoms with Crippen LogP contribution in [0.3, 0.4) is 0 Å². The lowest BCUT2D eigenvalue weighted by Crippen LogP contribution is -2.36. The Morgan fingerprint density at radius 2 is 1.66 bits per heavy atom. The van der Waals surface area contributed by atoms with Gasteiger partial charge in [-0.15, -0.1) is 0 Å². The highest BCUT2D eigenvalue weighted by molar-refractivity contribution is 7.86. The number of aliphatic hydroxyl groups excluding tert-OH is 1. The first-order valence-corrected chi connectivity index (χ1v) is 15.6. The number of benzene rings is 2. The van der Waals surface area contributed by atoms with Gasteiger partial charge in [0.25, 0.3) is 0 Å². The van der Waals surface area contributed by atoms with E-state index in [9.17, 15) is 19.2 Å². The third-order valence-electron chi connectivity index (χ3n) is 7.46. The van der Waals surface area contributed by atoms with Gasteiger partial charge < -0.3 is 29.3 Å². The number of carbonyl (C=O) groups excluding carboxylic acids is 1. The van der Waals surface area contributed by atoms with Gasteiger partial charge in [-0.2, -0.15) is 0 Å². The van der Waals surface area contributed by atoms with Crippen LogP contribution in [0.5, 0.6) is 23.0 Å². The molecule has 2 atom stereocenters. The van der Waals surface area contributed by atoms with Gasteiger partial charge in [0.2, 0.25) is 12.7 Å². The average molecular weight is 589 g/mol. The summed E-state index contributed by atoms with van der Waals surface area (Å²) in [5.74, 6) is 2.17. The number of ether oxygens (including phenoxy) is 3. The van der Waals surface area contributed by atoms with Crippen LogP contribution >= 0.6 is 0 Å². The normalized spacial score (nSPS) is 18.9. The minimum atomic E-state index is -1.39. The summed E-state index contributed by atoms with van der Waals surface area (Å²) in [6.07, 6.45) is 0.653. The molecule has 0 bridgehead atoms. The summed E-state index contributed by atoms with van der Waals surface area (Å²) in [4.78, 5) is 16.8. The van der Waals surface area contributed by atoms with Crippen molar-refractivity contribution in [3.63, 3.8) is 0 Å². The fourth-order valence-corrected chi connectivity index (χ4v) is 6.79. The van der Waals surface area contributed by atoms with Gasteiger partial charge in [0, 0.05) is 32.2 Å². The molecule has 2 aromatic carbocycles. The van der Waals surface area contributed by atoms with Gasteiger partial charge in [-0.25, -0.2) is 0 Å². The maximum atomic E-state index is 13.3. The molecule has 226 valence electrons. The molecule has 9 nitrogen and oxygen atoms in total. The standard InChI is InChI=1S/C31H44N2O7S/c1-30(2,3)23-16-21(17-24(28(23)36)31(4,5)6)29-33(27(35)19-41(29)37)11-7-10-32(12-14-34)13-15-38-22-8-9-25-26(18-22)40-20-39-25/h8-9,16-18,29,34,36H,7,10-15,19-20H2,1-6H3. The minimum absolute atomic E-state index is 0.00896. The van der Waals surface area contributed by atoms with Crippen LogP contribution in [0.4, 0.5) is 0 Å². The second kappa shape index (κ2) is 12.6. The molecule has 0 aliphatic carbocycles. The molecule has 1 fully saturated rings. The van der Waals surface area contributed by atoms with E-state index in [0.717, 1.165) is 16.7 Å². The van der Waals surface area contributed by atoms with E-state index in [-0.39, 0.29) is 41.6 Å². The quantitative estimate of drug-likeness (QED) is 0.405. The van der Waals surface area contributed by atoms with Crippen molar-refractivity contribution < 1.29 is 33.4 Å². The van der Waals surface area contributed by atoms with Gasteiger partial charge in [0.05, 0.1) is 17.4 Å². The van der Waals surface area contributed by atoms with Crippen LogP contribution in [0, 0.1) is 0 Å². The van der Waals surface area contributed by atoms with Gasteiger partial charge in [0.1, 0.15) is 29.2 Å². The predicted octanol–water partition coefficient (Wildman–Crippen LogP) is 4.07. The molecule has 0 spiro atoms. The summed E-state index contributed by atoms with van der Waals surface area (Å²) in [7, 11) is -1.39. The highest BCUT2D eigenvalue weighted by atomic mass is 32.2. The number of hydrogen-bond acceptors (Lipinski definition) is 8. The highest BCUT2D eigenvalue weighted by Crippen LogP contribution is 2.43. The number of phenols is 1. The zero-order valence-corrected chi connectivity index (χ0v) is 25.9. The molecule has 1 saturated heterocycles. The van der Waals surface area contributed by atoms with Crippen LogP contribution < -0.4 is 14.2 Å². The maximum absolute atomic E-state index is 13.3. The average Bonchev–Trinajstić information content (AvgIpc) is 3.46. The number of aromatic hydroxyl groups is 1. The van der Waals surface area contributed by atoms with E-state index in [1.165, 1.54) is 0 Å². The molecule has 0 saturated carbocycles. The second-order valence-corrected chi connectivity index (χ2v) is 14.2. The van der Waals surface area contributed by atoms with Crippen molar-refractivity contribution in [2.24, 2.45) is 0 Å². The largest absolute Gasteiger partial charge is 0.507 e. The summed E-state index contributed by atoms with van der Waals surface area (Å²) in [6.45, 7) is 15.1. The van der Waals surface area contributed by atoms with Crippen LogP contribution in [-0.2, 0) is 26.4 Å². The first-order chi connectivity index (χ1) is 19.3. The molecule has 0 radical (unpaired) electrons. The first-order valence-electron chi connectivity index (χ1n) is 14.2. The summed E-state index contributed by atoms with van der Waals surface area (Å²) in [6, 6.07) is 9.30. The van der Waals surface area contributed by atoms with Gasteiger partial charge in [-0.05, 0) is 58.2 Å². The van der Waals surface area contributed by atoms with Crippen molar-refractivity contribution in [1.82, 2.24) is 9.80 Å². The molecule has 0 aromatic heterocycles. The number of carbonyl (C=O) groups is 1. The van der Waals surface area contributed by atoms with Gasteiger partial charge >= 0.3 is 0 Å². The van der Waals surface area contributed by atoms with Crippen molar-refractivity contribution in [1.29, 1.82) is 0 Å². The lowest BCUT2D eigenvalue weighted by molar-refractivity contribution is -0.128. The lowest BCUT2D eigenvalue weighted by Gasteiger charge is -2.31. The van der Waals surface area contributed by atoms with Crippen molar-refractivity contribution in [3.8, 4) is 23.0 Å². The number of rotatable bonds is 11. The molecule has 2 aliphatic rings. The van der Waals surface area contributed by atoms with Crippen LogP contribution in [0.1, 0.15) is 70.0 Å². The van der Waals surface area contributed by atoms with E-state index in [1.54, 1.807) is 11.0 Å². The molecular formula is C31H44N2O7S. The van der Waals surface area contributed by atoms with Crippen LogP contribution in [0.25, 0.3) is 0 Å². The molecule has 10 heteroatoms. The Morgan fingerprint density at radius 3 is 2.29 bits per heavy atom. The summed E-state index contributed by atoms with van der Waals surface area (Å²) >= 11 is 0. The SMILES string of the molecule is CC(C)(C)c1cc(C2N(CCCN(CCO)CCOc3ccc4c(c3)OCO4)C(=O)CS2=O)cc(C(C)(C)C)c1O. The Hall–Kier alpha value is -2.82. The minimum Gasteiger partial charge on any atom is -0.507 e. The smallest absolute Gasteiger partial charge is 0.236 e. The van der Waals surface area contributed by atoms with Gasteiger partial charge in [0.15, 0.2) is 11.5 Å². The van der Waals surface area contributed by atoms with E-state index in [4.69, 9.17) is 14.2 Å². The molecule has 2 N–H and O–H groups in total. The molecule has 2 unspecified atom stereocenters. The second-order valence-electron chi connectivity index (χ2n) is 12.7. The number of aliphatic hydroxyl groups is 1. The van der Waals surface area contributed by atoms with E-state index >= 15 is 0 Å². The molecule has 1 amide bonds. The number of phenolic OH excluding ortho intramolecular Hbond substituents is 1. The summed E-state index contributed by atoms with van der Waals surface area (Å²) in [5, 5.41) is 20.2. The van der Waals surface area contributed by atoms with Crippen molar-refractivity contribution >= 4 is 16.7 Å². The number of hydrogen-bond donors (Lipinski definition) is 2. The zero-order valence-electron chi connectivity index (χ0n) is 25.1. The molecule has 2 aromatic rings. The summed E-state index contributed by atoms with van der Waals surface area (Å²) in [5.41, 5.74) is 1.71. The number of amides is 1. The lowest BCUT2D eigenvalue weighted by atomic mass is 9.78. The van der Waals surface area contributed by atoms with Crippen molar-refractivity contribution in [2.75, 3.05) is 51.9 Å². The molecule has 41 heavy (non-hydrogen) atoms. The Balaban J connectivity index is 1.43.